The fourth-order valence-corrected chi connectivity index (χ4v) is 2.49. The molecule has 2 aromatic carbocycles. The Labute approximate surface area is 118 Å². The number of carbonyl (C=O) groups is 1. The van der Waals surface area contributed by atoms with Crippen LogP contribution >= 0.6 is 0 Å². The Morgan fingerprint density at radius 2 is 1.90 bits per heavy atom. The lowest BCUT2D eigenvalue weighted by Gasteiger charge is -2.26. The highest BCUT2D eigenvalue weighted by Crippen LogP contribution is 2.36. The number of carbonyl (C=O) groups excluding carboxylic acids is 1. The fourth-order valence-electron chi connectivity index (χ4n) is 2.49. The van der Waals surface area contributed by atoms with Crippen LogP contribution in [0.2, 0.25) is 0 Å². The lowest BCUT2D eigenvalue weighted by molar-refractivity contribution is -0.120. The van der Waals surface area contributed by atoms with Gasteiger partial charge >= 0.3 is 0 Å². The Balaban J connectivity index is 2.12. The zero-order valence-electron chi connectivity index (χ0n) is 11.9. The molecule has 20 heavy (non-hydrogen) atoms. The van der Waals surface area contributed by atoms with Crippen molar-refractivity contribution in [3.05, 3.63) is 47.5 Å². The number of aryl methyl sites for hydroxylation is 2. The van der Waals surface area contributed by atoms with Crippen molar-refractivity contribution < 1.29 is 9.53 Å². The highest BCUT2D eigenvalue weighted by atomic mass is 16.5. The summed E-state index contributed by atoms with van der Waals surface area (Å²) in [5, 5.41) is 0. The molecule has 0 N–H and O–H groups in total. The number of nitrogens with zero attached hydrogens (tertiary/aromatic N) is 1. The van der Waals surface area contributed by atoms with E-state index in [0.29, 0.717) is 0 Å². The largest absolute Gasteiger partial charge is 0.482 e. The maximum Gasteiger partial charge on any atom is 0.264 e. The molecule has 1 aliphatic heterocycles. The second-order valence-corrected chi connectivity index (χ2v) is 5.24. The summed E-state index contributed by atoms with van der Waals surface area (Å²) in [4.78, 5) is 13.4. The first-order chi connectivity index (χ1) is 9.56. The molecule has 0 radical (unpaired) electrons. The minimum Gasteiger partial charge on any atom is -0.482 e. The van der Waals surface area contributed by atoms with Gasteiger partial charge in [0.05, 0.1) is 5.69 Å². The average molecular weight is 267 g/mol. The molecule has 3 nitrogen and oxygen atoms in total. The van der Waals surface area contributed by atoms with Gasteiger partial charge in [-0.15, -0.1) is 0 Å². The molecule has 102 valence electrons. The molecule has 1 amide bonds. The third-order valence-electron chi connectivity index (χ3n) is 3.75. The Hall–Kier alpha value is -2.29. The first-order valence-corrected chi connectivity index (χ1v) is 6.67. The Kier molecular flexibility index (Phi) is 2.97. The Morgan fingerprint density at radius 3 is 2.70 bits per heavy atom. The van der Waals surface area contributed by atoms with E-state index in [1.807, 2.05) is 18.2 Å². The van der Waals surface area contributed by atoms with E-state index >= 15 is 0 Å². The molecule has 0 atom stereocenters. The Bertz CT molecular complexity index is 691. The van der Waals surface area contributed by atoms with Gasteiger partial charge in [-0.2, -0.15) is 0 Å². The zero-order valence-corrected chi connectivity index (χ0v) is 11.9. The van der Waals surface area contributed by atoms with Crippen molar-refractivity contribution in [3.8, 4) is 16.9 Å². The van der Waals surface area contributed by atoms with Crippen molar-refractivity contribution in [2.75, 3.05) is 18.6 Å². The first-order valence-electron chi connectivity index (χ1n) is 6.67. The number of rotatable bonds is 1. The van der Waals surface area contributed by atoms with E-state index in [9.17, 15) is 4.79 Å². The standard InChI is InChI=1S/C17H17NO2/c1-11-4-5-12(2)14(8-11)13-6-7-16-15(9-13)18(3)17(19)10-20-16/h4-9H,10H2,1-3H3. The van der Waals surface area contributed by atoms with Crippen LogP contribution < -0.4 is 9.64 Å². The highest BCUT2D eigenvalue weighted by molar-refractivity contribution is 5.98. The van der Waals surface area contributed by atoms with Crippen LogP contribution in [0, 0.1) is 13.8 Å². The van der Waals surface area contributed by atoms with Crippen LogP contribution in [0.4, 0.5) is 5.69 Å². The van der Waals surface area contributed by atoms with E-state index in [1.54, 1.807) is 11.9 Å². The monoisotopic (exact) mass is 267 g/mol. The van der Waals surface area contributed by atoms with Crippen molar-refractivity contribution in [2.45, 2.75) is 13.8 Å². The van der Waals surface area contributed by atoms with Gasteiger partial charge in [-0.1, -0.05) is 29.8 Å². The lowest BCUT2D eigenvalue weighted by atomic mass is 9.97. The topological polar surface area (TPSA) is 29.5 Å². The minimum atomic E-state index is -0.0179. The van der Waals surface area contributed by atoms with Crippen molar-refractivity contribution in [1.29, 1.82) is 0 Å². The summed E-state index contributed by atoms with van der Waals surface area (Å²) >= 11 is 0. The summed E-state index contributed by atoms with van der Waals surface area (Å²) in [7, 11) is 1.79. The SMILES string of the molecule is Cc1ccc(C)c(-c2ccc3c(c2)N(C)C(=O)CO3)c1. The summed E-state index contributed by atoms with van der Waals surface area (Å²) in [6, 6.07) is 12.4. The van der Waals surface area contributed by atoms with Gasteiger partial charge in [-0.3, -0.25) is 4.79 Å². The van der Waals surface area contributed by atoms with E-state index < -0.39 is 0 Å². The smallest absolute Gasteiger partial charge is 0.264 e. The van der Waals surface area contributed by atoms with Gasteiger partial charge in [-0.05, 0) is 42.7 Å². The number of benzene rings is 2. The van der Waals surface area contributed by atoms with Crippen LogP contribution in [0.3, 0.4) is 0 Å². The maximum absolute atomic E-state index is 11.7. The summed E-state index contributed by atoms with van der Waals surface area (Å²) in [5.74, 6) is 0.747. The molecule has 0 spiro atoms. The molecule has 2 aromatic rings. The van der Waals surface area contributed by atoms with Gasteiger partial charge in [0.25, 0.3) is 5.91 Å². The Morgan fingerprint density at radius 1 is 1.10 bits per heavy atom. The second kappa shape index (κ2) is 4.67. The van der Waals surface area contributed by atoms with Gasteiger partial charge in [0.1, 0.15) is 5.75 Å². The molecule has 0 aliphatic carbocycles. The molecule has 0 unspecified atom stereocenters. The van der Waals surface area contributed by atoms with E-state index in [-0.39, 0.29) is 12.5 Å². The van der Waals surface area contributed by atoms with Crippen molar-refractivity contribution >= 4 is 11.6 Å². The predicted molar refractivity (Wildman–Crippen MR) is 80.3 cm³/mol. The number of anilines is 1. The second-order valence-electron chi connectivity index (χ2n) is 5.24. The molecule has 0 bridgehead atoms. The first kappa shape index (κ1) is 12.7. The molecule has 1 aliphatic rings. The number of likely N-dealkylation sites (N-methyl/N-ethyl adjacent to an activating group) is 1. The maximum atomic E-state index is 11.7. The molecular weight excluding hydrogens is 250 g/mol. The molecule has 0 aromatic heterocycles. The number of ether oxygens (including phenoxy) is 1. The predicted octanol–water partition coefficient (Wildman–Crippen LogP) is 3.33. The van der Waals surface area contributed by atoms with Crippen LogP contribution in [0.25, 0.3) is 11.1 Å². The molecule has 0 saturated carbocycles. The fraction of sp³-hybridized carbons (Fsp3) is 0.235. The van der Waals surface area contributed by atoms with Gasteiger partial charge in [0.2, 0.25) is 0 Å². The molecule has 1 heterocycles. The summed E-state index contributed by atoms with van der Waals surface area (Å²) in [6.45, 7) is 4.30. The van der Waals surface area contributed by atoms with E-state index in [1.165, 1.54) is 16.7 Å². The zero-order chi connectivity index (χ0) is 14.3. The van der Waals surface area contributed by atoms with E-state index in [4.69, 9.17) is 4.74 Å². The molecule has 3 heteroatoms. The molecular formula is C17H17NO2. The van der Waals surface area contributed by atoms with Crippen molar-refractivity contribution in [1.82, 2.24) is 0 Å². The number of hydrogen-bond acceptors (Lipinski definition) is 2. The van der Waals surface area contributed by atoms with Gasteiger partial charge < -0.3 is 9.64 Å². The minimum absolute atomic E-state index is 0.0179. The summed E-state index contributed by atoms with van der Waals surface area (Å²) in [5.41, 5.74) is 5.58. The number of amides is 1. The average Bonchev–Trinajstić information content (AvgIpc) is 2.45. The van der Waals surface area contributed by atoms with Crippen molar-refractivity contribution in [3.63, 3.8) is 0 Å². The van der Waals surface area contributed by atoms with Crippen LogP contribution in [-0.2, 0) is 4.79 Å². The van der Waals surface area contributed by atoms with Gasteiger partial charge in [-0.25, -0.2) is 0 Å². The molecule has 0 fully saturated rings. The van der Waals surface area contributed by atoms with Crippen molar-refractivity contribution in [2.24, 2.45) is 0 Å². The third kappa shape index (κ3) is 2.05. The van der Waals surface area contributed by atoms with Crippen LogP contribution in [0.5, 0.6) is 5.75 Å². The molecule has 3 rings (SSSR count). The van der Waals surface area contributed by atoms with Crippen LogP contribution in [0.1, 0.15) is 11.1 Å². The lowest BCUT2D eigenvalue weighted by Crippen LogP contribution is -2.35. The van der Waals surface area contributed by atoms with Crippen LogP contribution in [-0.4, -0.2) is 19.6 Å². The highest BCUT2D eigenvalue weighted by Gasteiger charge is 2.22. The van der Waals surface area contributed by atoms with Gasteiger partial charge in [0.15, 0.2) is 6.61 Å². The normalized spacial score (nSPS) is 13.9. The quantitative estimate of drug-likeness (QED) is 0.793. The summed E-state index contributed by atoms with van der Waals surface area (Å²) < 4.78 is 5.46. The van der Waals surface area contributed by atoms with Crippen LogP contribution in [0.15, 0.2) is 36.4 Å². The van der Waals surface area contributed by atoms with Gasteiger partial charge in [0, 0.05) is 7.05 Å². The molecule has 0 saturated heterocycles. The number of hydrogen-bond donors (Lipinski definition) is 0. The van der Waals surface area contributed by atoms with E-state index in [0.717, 1.165) is 17.0 Å². The summed E-state index contributed by atoms with van der Waals surface area (Å²) in [6.07, 6.45) is 0. The third-order valence-corrected chi connectivity index (χ3v) is 3.75. The van der Waals surface area contributed by atoms with E-state index in [2.05, 4.69) is 32.0 Å². The number of fused-ring (bicyclic) bond motifs is 1.